The molecule has 1 heterocycles. The zero-order valence-corrected chi connectivity index (χ0v) is 14.9. The lowest BCUT2D eigenvalue weighted by atomic mass is 10.1. The van der Waals surface area contributed by atoms with Gasteiger partial charge < -0.3 is 15.4 Å². The molecule has 1 aromatic carbocycles. The Labute approximate surface area is 142 Å². The summed E-state index contributed by atoms with van der Waals surface area (Å²) in [6.45, 7) is 4.83. The maximum atomic E-state index is 12.3. The van der Waals surface area contributed by atoms with Crippen LogP contribution in [0.4, 0.5) is 11.4 Å². The molecule has 9 heteroatoms. The van der Waals surface area contributed by atoms with Crippen molar-refractivity contribution in [3.05, 3.63) is 23.8 Å². The van der Waals surface area contributed by atoms with Crippen molar-refractivity contribution < 1.29 is 17.9 Å². The van der Waals surface area contributed by atoms with E-state index in [0.717, 1.165) is 11.8 Å². The van der Waals surface area contributed by atoms with E-state index in [1.54, 1.807) is 25.1 Å². The number of carbonyl (C=O) groups is 1. The topological polar surface area (TPSA) is 96.5 Å². The molecule has 1 amide bonds. The SMILES string of the molecule is Cc1ccc(NC(=O)[C@H]2NCCO[C@@H]2C)cc1NS(C)(=O)=O.Cl. The molecule has 0 spiro atoms. The molecule has 0 unspecified atom stereocenters. The Morgan fingerprint density at radius 1 is 1.39 bits per heavy atom. The van der Waals surface area contributed by atoms with E-state index in [9.17, 15) is 13.2 Å². The highest BCUT2D eigenvalue weighted by Crippen LogP contribution is 2.21. The van der Waals surface area contributed by atoms with Crippen LogP contribution in [-0.2, 0) is 19.6 Å². The fraction of sp³-hybridized carbons (Fsp3) is 0.500. The van der Waals surface area contributed by atoms with Crippen molar-refractivity contribution in [2.45, 2.75) is 26.0 Å². The minimum absolute atomic E-state index is 0. The number of benzene rings is 1. The molecule has 0 aliphatic carbocycles. The molecule has 1 aliphatic heterocycles. The van der Waals surface area contributed by atoms with Gasteiger partial charge in [-0.15, -0.1) is 12.4 Å². The van der Waals surface area contributed by atoms with E-state index in [1.807, 2.05) is 6.92 Å². The number of sulfonamides is 1. The van der Waals surface area contributed by atoms with E-state index in [4.69, 9.17) is 4.74 Å². The number of carbonyl (C=O) groups excluding carboxylic acids is 1. The van der Waals surface area contributed by atoms with Gasteiger partial charge in [0, 0.05) is 12.2 Å². The van der Waals surface area contributed by atoms with E-state index in [2.05, 4.69) is 15.4 Å². The normalized spacial score (nSPS) is 21.2. The number of ether oxygens (including phenoxy) is 1. The third-order valence-corrected chi connectivity index (χ3v) is 3.99. The molecule has 1 fully saturated rings. The number of nitrogens with one attached hydrogen (secondary N) is 3. The zero-order chi connectivity index (χ0) is 16.3. The van der Waals surface area contributed by atoms with Crippen LogP contribution in [0.1, 0.15) is 12.5 Å². The second-order valence-electron chi connectivity index (χ2n) is 5.40. The van der Waals surface area contributed by atoms with Gasteiger partial charge in [-0.1, -0.05) is 6.07 Å². The standard InChI is InChI=1S/C14H21N3O4S.ClH/c1-9-4-5-11(8-12(9)17-22(3,19)20)16-14(18)13-10(2)21-7-6-15-13;/h4-5,8,10,13,15,17H,6-7H2,1-3H3,(H,16,18);1H/t10-,13+;/m1./s1. The van der Waals surface area contributed by atoms with Crippen LogP contribution in [0.25, 0.3) is 0 Å². The largest absolute Gasteiger partial charge is 0.375 e. The van der Waals surface area contributed by atoms with Gasteiger partial charge in [0.2, 0.25) is 15.9 Å². The molecule has 130 valence electrons. The van der Waals surface area contributed by atoms with Crippen LogP contribution < -0.4 is 15.4 Å². The first-order chi connectivity index (χ1) is 10.3. The van der Waals surface area contributed by atoms with Gasteiger partial charge >= 0.3 is 0 Å². The third-order valence-electron chi connectivity index (χ3n) is 3.40. The van der Waals surface area contributed by atoms with E-state index >= 15 is 0 Å². The molecule has 2 rings (SSSR count). The number of halogens is 1. The van der Waals surface area contributed by atoms with E-state index in [-0.39, 0.29) is 24.4 Å². The molecule has 1 aromatic rings. The van der Waals surface area contributed by atoms with Gasteiger partial charge in [0.15, 0.2) is 0 Å². The summed E-state index contributed by atoms with van der Waals surface area (Å²) in [5.74, 6) is -0.207. The average Bonchev–Trinajstić information content (AvgIpc) is 2.41. The summed E-state index contributed by atoms with van der Waals surface area (Å²) in [7, 11) is -3.37. The lowest BCUT2D eigenvalue weighted by molar-refractivity contribution is -0.123. The predicted octanol–water partition coefficient (Wildman–Crippen LogP) is 1.10. The Kier molecular flexibility index (Phi) is 6.82. The fourth-order valence-electron chi connectivity index (χ4n) is 2.26. The van der Waals surface area contributed by atoms with Crippen molar-refractivity contribution in [3.63, 3.8) is 0 Å². The fourth-order valence-corrected chi connectivity index (χ4v) is 2.88. The van der Waals surface area contributed by atoms with Crippen LogP contribution in [0.2, 0.25) is 0 Å². The number of hydrogen-bond donors (Lipinski definition) is 3. The monoisotopic (exact) mass is 363 g/mol. The highest BCUT2D eigenvalue weighted by atomic mass is 35.5. The van der Waals surface area contributed by atoms with E-state index in [0.29, 0.717) is 24.5 Å². The molecule has 1 saturated heterocycles. The molecule has 0 saturated carbocycles. The summed E-state index contributed by atoms with van der Waals surface area (Å²) in [5, 5.41) is 5.88. The maximum absolute atomic E-state index is 12.3. The first-order valence-corrected chi connectivity index (χ1v) is 8.90. The number of amides is 1. The molecular formula is C14H22ClN3O4S. The highest BCUT2D eigenvalue weighted by molar-refractivity contribution is 7.92. The number of rotatable bonds is 4. The minimum atomic E-state index is -3.37. The van der Waals surface area contributed by atoms with Crippen molar-refractivity contribution >= 4 is 39.7 Å². The van der Waals surface area contributed by atoms with Crippen LogP contribution in [0.15, 0.2) is 18.2 Å². The van der Waals surface area contributed by atoms with Crippen LogP contribution in [-0.4, -0.2) is 45.9 Å². The maximum Gasteiger partial charge on any atom is 0.244 e. The van der Waals surface area contributed by atoms with Gasteiger partial charge in [0.1, 0.15) is 6.04 Å². The Hall–Kier alpha value is -1.35. The Morgan fingerprint density at radius 2 is 2.09 bits per heavy atom. The summed E-state index contributed by atoms with van der Waals surface area (Å²) >= 11 is 0. The van der Waals surface area contributed by atoms with Crippen LogP contribution in [0.3, 0.4) is 0 Å². The second-order valence-corrected chi connectivity index (χ2v) is 7.15. The van der Waals surface area contributed by atoms with Crippen LogP contribution in [0.5, 0.6) is 0 Å². The van der Waals surface area contributed by atoms with Crippen molar-refractivity contribution in [3.8, 4) is 0 Å². The van der Waals surface area contributed by atoms with Gasteiger partial charge in [-0.25, -0.2) is 8.42 Å². The van der Waals surface area contributed by atoms with E-state index < -0.39 is 16.1 Å². The lowest BCUT2D eigenvalue weighted by Gasteiger charge is -2.29. The Morgan fingerprint density at radius 3 is 2.70 bits per heavy atom. The molecule has 3 N–H and O–H groups in total. The number of hydrogen-bond acceptors (Lipinski definition) is 5. The summed E-state index contributed by atoms with van der Waals surface area (Å²) in [4.78, 5) is 12.3. The Balaban J connectivity index is 0.00000264. The summed E-state index contributed by atoms with van der Waals surface area (Å²) < 4.78 is 30.6. The lowest BCUT2D eigenvalue weighted by Crippen LogP contribution is -2.53. The first kappa shape index (κ1) is 19.7. The molecule has 0 bridgehead atoms. The van der Waals surface area contributed by atoms with Crippen molar-refractivity contribution in [2.24, 2.45) is 0 Å². The number of morpholine rings is 1. The van der Waals surface area contributed by atoms with Gasteiger partial charge in [0.05, 0.1) is 24.7 Å². The van der Waals surface area contributed by atoms with Crippen LogP contribution >= 0.6 is 12.4 Å². The minimum Gasteiger partial charge on any atom is -0.375 e. The number of anilines is 2. The molecule has 1 aliphatic rings. The van der Waals surface area contributed by atoms with Crippen molar-refractivity contribution in [1.29, 1.82) is 0 Å². The van der Waals surface area contributed by atoms with E-state index in [1.165, 1.54) is 0 Å². The second kappa shape index (κ2) is 7.96. The summed E-state index contributed by atoms with van der Waals surface area (Å²) in [6, 6.07) is 4.65. The molecule has 0 aromatic heterocycles. The molecule has 2 atom stereocenters. The summed E-state index contributed by atoms with van der Waals surface area (Å²) in [6.07, 6.45) is 0.871. The van der Waals surface area contributed by atoms with Gasteiger partial charge in [-0.3, -0.25) is 9.52 Å². The highest BCUT2D eigenvalue weighted by Gasteiger charge is 2.28. The zero-order valence-electron chi connectivity index (χ0n) is 13.3. The van der Waals surface area contributed by atoms with Crippen molar-refractivity contribution in [1.82, 2.24) is 5.32 Å². The summed E-state index contributed by atoms with van der Waals surface area (Å²) in [5.41, 5.74) is 1.75. The molecule has 7 nitrogen and oxygen atoms in total. The molecular weight excluding hydrogens is 342 g/mol. The molecule has 0 radical (unpaired) electrons. The smallest absolute Gasteiger partial charge is 0.244 e. The predicted molar refractivity (Wildman–Crippen MR) is 92.7 cm³/mol. The van der Waals surface area contributed by atoms with Crippen molar-refractivity contribution in [2.75, 3.05) is 29.4 Å². The van der Waals surface area contributed by atoms with Gasteiger partial charge in [-0.05, 0) is 31.5 Å². The quantitative estimate of drug-likeness (QED) is 0.744. The first-order valence-electron chi connectivity index (χ1n) is 7.00. The van der Waals surface area contributed by atoms with Crippen LogP contribution in [0, 0.1) is 6.92 Å². The van der Waals surface area contributed by atoms with Gasteiger partial charge in [0.25, 0.3) is 0 Å². The molecule has 23 heavy (non-hydrogen) atoms. The van der Waals surface area contributed by atoms with Gasteiger partial charge in [-0.2, -0.15) is 0 Å². The number of aryl methyl sites for hydroxylation is 1. The Bertz CT molecular complexity index is 666. The third kappa shape index (κ3) is 5.65. The average molecular weight is 364 g/mol.